The summed E-state index contributed by atoms with van der Waals surface area (Å²) in [4.78, 5) is 10.7. The summed E-state index contributed by atoms with van der Waals surface area (Å²) >= 11 is 0. The molecule has 2 rings (SSSR count). The molecule has 5 heteroatoms. The molecular formula is C14H17N3O2. The van der Waals surface area contributed by atoms with Gasteiger partial charge >= 0.3 is 5.97 Å². The van der Waals surface area contributed by atoms with Crippen LogP contribution >= 0.6 is 0 Å². The molecule has 1 heterocycles. The van der Waals surface area contributed by atoms with Gasteiger partial charge < -0.3 is 10.4 Å². The molecule has 1 aromatic heterocycles. The van der Waals surface area contributed by atoms with Crippen molar-refractivity contribution in [1.29, 1.82) is 0 Å². The molecule has 0 unspecified atom stereocenters. The number of nitrogens with zero attached hydrogens (tertiary/aromatic N) is 2. The maximum absolute atomic E-state index is 10.7. The van der Waals surface area contributed by atoms with Crippen LogP contribution in [0.4, 0.5) is 5.69 Å². The second-order valence-corrected chi connectivity index (χ2v) is 4.35. The maximum Gasteiger partial charge on any atom is 0.335 e. The van der Waals surface area contributed by atoms with Crippen LogP contribution in [0.3, 0.4) is 0 Å². The van der Waals surface area contributed by atoms with Crippen molar-refractivity contribution in [3.05, 3.63) is 47.8 Å². The van der Waals surface area contributed by atoms with Gasteiger partial charge in [0.15, 0.2) is 0 Å². The van der Waals surface area contributed by atoms with E-state index in [2.05, 4.69) is 17.3 Å². The van der Waals surface area contributed by atoms with Crippen molar-refractivity contribution in [2.45, 2.75) is 26.4 Å². The van der Waals surface area contributed by atoms with Crippen molar-refractivity contribution < 1.29 is 9.90 Å². The molecule has 0 fully saturated rings. The fraction of sp³-hybridized carbons (Fsp3) is 0.286. The number of aryl methyl sites for hydroxylation is 1. The quantitative estimate of drug-likeness (QED) is 0.836. The summed E-state index contributed by atoms with van der Waals surface area (Å²) in [6.45, 7) is 3.72. The molecule has 0 spiro atoms. The summed E-state index contributed by atoms with van der Waals surface area (Å²) in [5.41, 5.74) is 2.30. The summed E-state index contributed by atoms with van der Waals surface area (Å²) < 4.78 is 1.92. The first-order chi connectivity index (χ1) is 9.19. The lowest BCUT2D eigenvalue weighted by molar-refractivity contribution is 0.0697. The minimum Gasteiger partial charge on any atom is -0.478 e. The van der Waals surface area contributed by atoms with Crippen molar-refractivity contribution in [2.24, 2.45) is 0 Å². The van der Waals surface area contributed by atoms with Crippen molar-refractivity contribution in [2.75, 3.05) is 5.32 Å². The van der Waals surface area contributed by atoms with E-state index in [0.29, 0.717) is 12.1 Å². The Morgan fingerprint density at radius 2 is 2.11 bits per heavy atom. The van der Waals surface area contributed by atoms with Crippen molar-refractivity contribution in [1.82, 2.24) is 9.78 Å². The maximum atomic E-state index is 10.7. The molecule has 0 radical (unpaired) electrons. The highest BCUT2D eigenvalue weighted by Gasteiger charge is 2.02. The highest BCUT2D eigenvalue weighted by Crippen LogP contribution is 2.11. The SMILES string of the molecule is CCCn1cc(CNc2ccc(C(=O)O)cc2)cn1. The highest BCUT2D eigenvalue weighted by atomic mass is 16.4. The second kappa shape index (κ2) is 6.04. The molecule has 0 saturated heterocycles. The van der Waals surface area contributed by atoms with E-state index in [4.69, 9.17) is 5.11 Å². The van der Waals surface area contributed by atoms with Crippen molar-refractivity contribution >= 4 is 11.7 Å². The smallest absolute Gasteiger partial charge is 0.335 e. The Kier molecular flexibility index (Phi) is 4.18. The molecule has 0 amide bonds. The fourth-order valence-corrected chi connectivity index (χ4v) is 1.78. The summed E-state index contributed by atoms with van der Waals surface area (Å²) in [5.74, 6) is -0.910. The minimum atomic E-state index is -0.910. The lowest BCUT2D eigenvalue weighted by Gasteiger charge is -2.04. The number of aromatic carboxylic acids is 1. The molecule has 0 saturated carbocycles. The van der Waals surface area contributed by atoms with Crippen LogP contribution in [0.2, 0.25) is 0 Å². The number of carbonyl (C=O) groups is 1. The molecule has 0 bridgehead atoms. The van der Waals surface area contributed by atoms with E-state index in [1.165, 1.54) is 0 Å². The van der Waals surface area contributed by atoms with Crippen LogP contribution < -0.4 is 5.32 Å². The van der Waals surface area contributed by atoms with E-state index in [9.17, 15) is 4.79 Å². The normalized spacial score (nSPS) is 10.4. The lowest BCUT2D eigenvalue weighted by Crippen LogP contribution is -2.00. The number of hydrogen-bond donors (Lipinski definition) is 2. The molecule has 5 nitrogen and oxygen atoms in total. The summed E-state index contributed by atoms with van der Waals surface area (Å²) in [6, 6.07) is 6.70. The molecule has 19 heavy (non-hydrogen) atoms. The van der Waals surface area contributed by atoms with Gasteiger partial charge in [-0.15, -0.1) is 0 Å². The van der Waals surface area contributed by atoms with Gasteiger partial charge in [-0.2, -0.15) is 5.10 Å². The number of aromatic nitrogens is 2. The molecule has 0 aliphatic heterocycles. The van der Waals surface area contributed by atoms with Crippen molar-refractivity contribution in [3.63, 3.8) is 0 Å². The van der Waals surface area contributed by atoms with Crippen LogP contribution in [-0.4, -0.2) is 20.9 Å². The zero-order valence-electron chi connectivity index (χ0n) is 10.8. The Labute approximate surface area is 111 Å². The van der Waals surface area contributed by atoms with E-state index in [-0.39, 0.29) is 0 Å². The van der Waals surface area contributed by atoms with E-state index in [1.54, 1.807) is 24.3 Å². The Morgan fingerprint density at radius 3 is 2.74 bits per heavy atom. The molecule has 2 aromatic rings. The van der Waals surface area contributed by atoms with Gasteiger partial charge in [-0.1, -0.05) is 6.92 Å². The van der Waals surface area contributed by atoms with Gasteiger partial charge in [-0.05, 0) is 30.7 Å². The highest BCUT2D eigenvalue weighted by molar-refractivity contribution is 5.87. The predicted octanol–water partition coefficient (Wildman–Crippen LogP) is 2.60. The van der Waals surface area contributed by atoms with Gasteiger partial charge in [0.25, 0.3) is 0 Å². The number of carboxylic acid groups (broad SMARTS) is 1. The lowest BCUT2D eigenvalue weighted by atomic mass is 10.2. The van der Waals surface area contributed by atoms with E-state index in [1.807, 2.05) is 17.1 Å². The van der Waals surface area contributed by atoms with Crippen LogP contribution in [0.1, 0.15) is 29.3 Å². The molecule has 1 aromatic carbocycles. The first-order valence-electron chi connectivity index (χ1n) is 6.27. The van der Waals surface area contributed by atoms with Crippen LogP contribution in [0.25, 0.3) is 0 Å². The summed E-state index contributed by atoms with van der Waals surface area (Å²) in [5, 5.41) is 16.3. The minimum absolute atomic E-state index is 0.293. The first-order valence-corrected chi connectivity index (χ1v) is 6.27. The van der Waals surface area contributed by atoms with E-state index >= 15 is 0 Å². The third-order valence-corrected chi connectivity index (χ3v) is 2.77. The first kappa shape index (κ1) is 13.1. The third-order valence-electron chi connectivity index (χ3n) is 2.77. The second-order valence-electron chi connectivity index (χ2n) is 4.35. The van der Waals surface area contributed by atoms with Gasteiger partial charge in [-0.25, -0.2) is 4.79 Å². The standard InChI is InChI=1S/C14H17N3O2/c1-2-7-17-10-11(9-16-17)8-15-13-5-3-12(4-6-13)14(18)19/h3-6,9-10,15H,2,7-8H2,1H3,(H,18,19). The number of anilines is 1. The van der Waals surface area contributed by atoms with Crippen molar-refractivity contribution in [3.8, 4) is 0 Å². The predicted molar refractivity (Wildman–Crippen MR) is 73.2 cm³/mol. The topological polar surface area (TPSA) is 67.2 Å². The third kappa shape index (κ3) is 3.58. The van der Waals surface area contributed by atoms with Crippen LogP contribution in [0.5, 0.6) is 0 Å². The van der Waals surface area contributed by atoms with Gasteiger partial charge in [0.2, 0.25) is 0 Å². The molecule has 0 aliphatic carbocycles. The molecule has 2 N–H and O–H groups in total. The number of rotatable bonds is 6. The average molecular weight is 259 g/mol. The molecule has 100 valence electrons. The Hall–Kier alpha value is -2.30. The number of hydrogen-bond acceptors (Lipinski definition) is 3. The number of carboxylic acids is 1. The zero-order chi connectivity index (χ0) is 13.7. The van der Waals surface area contributed by atoms with Crippen LogP contribution in [-0.2, 0) is 13.1 Å². The van der Waals surface area contributed by atoms with Gasteiger partial charge in [-0.3, -0.25) is 4.68 Å². The monoisotopic (exact) mass is 259 g/mol. The summed E-state index contributed by atoms with van der Waals surface area (Å²) in [6.07, 6.45) is 4.92. The largest absolute Gasteiger partial charge is 0.478 e. The van der Waals surface area contributed by atoms with Gasteiger partial charge in [0.05, 0.1) is 11.8 Å². The van der Waals surface area contributed by atoms with Crippen LogP contribution in [0, 0.1) is 0 Å². The van der Waals surface area contributed by atoms with Gasteiger partial charge in [0.1, 0.15) is 0 Å². The Morgan fingerprint density at radius 1 is 1.37 bits per heavy atom. The average Bonchev–Trinajstić information content (AvgIpc) is 2.85. The fourth-order valence-electron chi connectivity index (χ4n) is 1.78. The number of nitrogens with one attached hydrogen (secondary N) is 1. The zero-order valence-corrected chi connectivity index (χ0v) is 10.8. The van der Waals surface area contributed by atoms with E-state index in [0.717, 1.165) is 24.2 Å². The summed E-state index contributed by atoms with van der Waals surface area (Å²) in [7, 11) is 0. The molecule has 0 atom stereocenters. The molecule has 0 aliphatic rings. The van der Waals surface area contributed by atoms with Gasteiger partial charge in [0, 0.05) is 30.5 Å². The van der Waals surface area contributed by atoms with Crippen LogP contribution in [0.15, 0.2) is 36.7 Å². The Balaban J connectivity index is 1.92. The Bertz CT molecular complexity index is 546. The molecular weight excluding hydrogens is 242 g/mol. The number of benzene rings is 1. The van der Waals surface area contributed by atoms with E-state index < -0.39 is 5.97 Å².